The highest BCUT2D eigenvalue weighted by Crippen LogP contribution is 2.35. The van der Waals surface area contributed by atoms with E-state index in [9.17, 15) is 13.2 Å². The van der Waals surface area contributed by atoms with E-state index in [4.69, 9.17) is 4.74 Å². The van der Waals surface area contributed by atoms with Gasteiger partial charge in [-0.3, -0.25) is 4.79 Å². The number of benzene rings is 3. The average Bonchev–Trinajstić information content (AvgIpc) is 3.21. The molecule has 1 aliphatic carbocycles. The third-order valence-corrected chi connectivity index (χ3v) is 8.08. The van der Waals surface area contributed by atoms with Gasteiger partial charge in [0, 0.05) is 29.7 Å². The zero-order chi connectivity index (χ0) is 21.6. The second kappa shape index (κ2) is 7.75. The molecule has 3 aromatic rings. The Kier molecular flexibility index (Phi) is 5.04. The Bertz CT molecular complexity index is 1280. The first-order valence-electron chi connectivity index (χ1n) is 10.5. The van der Waals surface area contributed by atoms with Gasteiger partial charge in [0.15, 0.2) is 0 Å². The number of morpholine rings is 1. The Balaban J connectivity index is 1.48. The van der Waals surface area contributed by atoms with Crippen LogP contribution in [-0.2, 0) is 27.6 Å². The molecule has 0 atom stereocenters. The summed E-state index contributed by atoms with van der Waals surface area (Å²) in [4.78, 5) is 13.3. The molecule has 1 fully saturated rings. The first-order valence-corrected chi connectivity index (χ1v) is 11.9. The van der Waals surface area contributed by atoms with Crippen LogP contribution in [-0.4, -0.2) is 44.9 Å². The zero-order valence-corrected chi connectivity index (χ0v) is 18.2. The number of nitrogens with one attached hydrogen (secondary N) is 1. The monoisotopic (exact) mass is 436 g/mol. The largest absolute Gasteiger partial charge is 0.379 e. The zero-order valence-electron chi connectivity index (χ0n) is 17.3. The molecule has 1 saturated heterocycles. The standard InChI is InChI=1S/C24H24N2O4S/c1-16-5-9-19(31(28,29)26-11-13-30-14-12-26)15-21(16)24(27)25-22-10-8-18-7-6-17-3-2-4-20(22)23(17)18/h2-5,8-10,15H,6-7,11-14H2,1H3,(H,25,27). The number of hydrogen-bond donors (Lipinski definition) is 1. The maximum atomic E-state index is 13.2. The topological polar surface area (TPSA) is 75.7 Å². The average molecular weight is 437 g/mol. The molecule has 0 unspecified atom stereocenters. The highest BCUT2D eigenvalue weighted by atomic mass is 32.2. The normalized spacial score (nSPS) is 16.5. The van der Waals surface area contributed by atoms with Crippen molar-refractivity contribution in [2.75, 3.05) is 31.6 Å². The molecular weight excluding hydrogens is 412 g/mol. The Hall–Kier alpha value is -2.74. The number of nitrogens with zero attached hydrogens (tertiary/aromatic N) is 1. The van der Waals surface area contributed by atoms with Crippen LogP contribution in [0.5, 0.6) is 0 Å². The first kappa shape index (κ1) is 20.2. The summed E-state index contributed by atoms with van der Waals surface area (Å²) in [5, 5.41) is 5.26. The Labute approximate surface area is 181 Å². The van der Waals surface area contributed by atoms with E-state index in [-0.39, 0.29) is 10.8 Å². The second-order valence-electron chi connectivity index (χ2n) is 8.06. The summed E-state index contributed by atoms with van der Waals surface area (Å²) < 4.78 is 32.7. The van der Waals surface area contributed by atoms with Crippen molar-refractivity contribution in [3.63, 3.8) is 0 Å². The summed E-state index contributed by atoms with van der Waals surface area (Å²) in [6, 6.07) is 14.9. The van der Waals surface area contributed by atoms with E-state index in [1.807, 2.05) is 25.1 Å². The van der Waals surface area contributed by atoms with Gasteiger partial charge in [-0.15, -0.1) is 0 Å². The van der Waals surface area contributed by atoms with E-state index in [2.05, 4.69) is 17.4 Å². The van der Waals surface area contributed by atoms with E-state index in [0.29, 0.717) is 31.9 Å². The summed E-state index contributed by atoms with van der Waals surface area (Å²) in [6.45, 7) is 3.21. The molecule has 0 aromatic heterocycles. The molecule has 1 amide bonds. The number of aryl methyl sites for hydroxylation is 3. The molecule has 5 rings (SSSR count). The van der Waals surface area contributed by atoms with Crippen molar-refractivity contribution >= 4 is 32.4 Å². The number of carbonyl (C=O) groups is 1. The predicted molar refractivity (Wildman–Crippen MR) is 120 cm³/mol. The van der Waals surface area contributed by atoms with Crippen LogP contribution < -0.4 is 5.32 Å². The Morgan fingerprint density at radius 3 is 2.52 bits per heavy atom. The van der Waals surface area contributed by atoms with Crippen molar-refractivity contribution in [1.82, 2.24) is 4.31 Å². The molecule has 6 nitrogen and oxygen atoms in total. The molecule has 1 N–H and O–H groups in total. The fourth-order valence-corrected chi connectivity index (χ4v) is 5.92. The number of carbonyl (C=O) groups excluding carboxylic acids is 1. The van der Waals surface area contributed by atoms with Gasteiger partial charge in [0.2, 0.25) is 10.0 Å². The first-order chi connectivity index (χ1) is 14.9. The van der Waals surface area contributed by atoms with Gasteiger partial charge in [-0.05, 0) is 60.0 Å². The number of ether oxygens (including phenoxy) is 1. The Morgan fingerprint density at radius 2 is 1.74 bits per heavy atom. The lowest BCUT2D eigenvalue weighted by Crippen LogP contribution is -2.40. The molecular formula is C24H24N2O4S. The number of amides is 1. The van der Waals surface area contributed by atoms with Crippen molar-refractivity contribution in [1.29, 1.82) is 0 Å². The van der Waals surface area contributed by atoms with Crippen LogP contribution in [0, 0.1) is 6.92 Å². The van der Waals surface area contributed by atoms with Gasteiger partial charge in [-0.2, -0.15) is 4.31 Å². The molecule has 2 aliphatic rings. The lowest BCUT2D eigenvalue weighted by Gasteiger charge is -2.26. The van der Waals surface area contributed by atoms with E-state index in [1.165, 1.54) is 26.9 Å². The van der Waals surface area contributed by atoms with Crippen LogP contribution in [0.2, 0.25) is 0 Å². The summed E-state index contributed by atoms with van der Waals surface area (Å²) in [6.07, 6.45) is 2.04. The van der Waals surface area contributed by atoms with Crippen molar-refractivity contribution in [3.05, 3.63) is 70.8 Å². The summed E-state index contributed by atoms with van der Waals surface area (Å²) in [7, 11) is -3.67. The van der Waals surface area contributed by atoms with Crippen LogP contribution in [0.1, 0.15) is 27.0 Å². The molecule has 0 radical (unpaired) electrons. The van der Waals surface area contributed by atoms with Crippen LogP contribution in [0.4, 0.5) is 5.69 Å². The van der Waals surface area contributed by atoms with Crippen LogP contribution >= 0.6 is 0 Å². The predicted octanol–water partition coefficient (Wildman–Crippen LogP) is 3.52. The summed E-state index contributed by atoms with van der Waals surface area (Å²) >= 11 is 0. The maximum absolute atomic E-state index is 13.2. The van der Waals surface area contributed by atoms with E-state index >= 15 is 0 Å². The molecule has 31 heavy (non-hydrogen) atoms. The molecule has 7 heteroatoms. The number of hydrogen-bond acceptors (Lipinski definition) is 4. The molecule has 1 heterocycles. The molecule has 1 aliphatic heterocycles. The van der Waals surface area contributed by atoms with E-state index in [1.54, 1.807) is 12.1 Å². The van der Waals surface area contributed by atoms with Gasteiger partial charge >= 0.3 is 0 Å². The fourth-order valence-electron chi connectivity index (χ4n) is 4.49. The van der Waals surface area contributed by atoms with Gasteiger partial charge in [0.05, 0.1) is 18.1 Å². The lowest BCUT2D eigenvalue weighted by molar-refractivity contribution is 0.0730. The summed E-state index contributed by atoms with van der Waals surface area (Å²) in [5.41, 5.74) is 4.44. The lowest BCUT2D eigenvalue weighted by atomic mass is 10.0. The molecule has 0 saturated carbocycles. The van der Waals surface area contributed by atoms with Gasteiger partial charge in [0.25, 0.3) is 5.91 Å². The third-order valence-electron chi connectivity index (χ3n) is 6.19. The SMILES string of the molecule is Cc1ccc(S(=O)(=O)N2CCOCC2)cc1C(=O)Nc1ccc2c3c(cccc13)CC2. The van der Waals surface area contributed by atoms with Crippen molar-refractivity contribution in [3.8, 4) is 0 Å². The maximum Gasteiger partial charge on any atom is 0.255 e. The second-order valence-corrected chi connectivity index (χ2v) is 10.00. The number of sulfonamides is 1. The molecule has 160 valence electrons. The highest BCUT2D eigenvalue weighted by Gasteiger charge is 2.27. The minimum Gasteiger partial charge on any atom is -0.379 e. The van der Waals surface area contributed by atoms with Crippen LogP contribution in [0.15, 0.2) is 53.4 Å². The summed E-state index contributed by atoms with van der Waals surface area (Å²) in [5.74, 6) is -0.310. The van der Waals surface area contributed by atoms with Gasteiger partial charge in [0.1, 0.15) is 0 Å². The quantitative estimate of drug-likeness (QED) is 0.679. The van der Waals surface area contributed by atoms with Gasteiger partial charge in [-0.25, -0.2) is 8.42 Å². The van der Waals surface area contributed by atoms with Gasteiger partial charge < -0.3 is 10.1 Å². The van der Waals surface area contributed by atoms with Crippen molar-refractivity contribution in [2.45, 2.75) is 24.7 Å². The van der Waals surface area contributed by atoms with Crippen LogP contribution in [0.25, 0.3) is 10.8 Å². The smallest absolute Gasteiger partial charge is 0.255 e. The van der Waals surface area contributed by atoms with Crippen molar-refractivity contribution < 1.29 is 17.9 Å². The van der Waals surface area contributed by atoms with Gasteiger partial charge in [-0.1, -0.05) is 30.3 Å². The van der Waals surface area contributed by atoms with E-state index < -0.39 is 10.0 Å². The minimum absolute atomic E-state index is 0.130. The minimum atomic E-state index is -3.67. The Morgan fingerprint density at radius 1 is 1.00 bits per heavy atom. The number of rotatable bonds is 4. The van der Waals surface area contributed by atoms with Crippen LogP contribution in [0.3, 0.4) is 0 Å². The third kappa shape index (κ3) is 3.52. The molecule has 0 spiro atoms. The number of anilines is 1. The molecule has 0 bridgehead atoms. The molecule has 3 aromatic carbocycles. The highest BCUT2D eigenvalue weighted by molar-refractivity contribution is 7.89. The fraction of sp³-hybridized carbons (Fsp3) is 0.292. The van der Waals surface area contributed by atoms with Crippen molar-refractivity contribution in [2.24, 2.45) is 0 Å². The van der Waals surface area contributed by atoms with E-state index in [0.717, 1.165) is 29.5 Å².